The van der Waals surface area contributed by atoms with Gasteiger partial charge in [-0.15, -0.1) is 0 Å². The van der Waals surface area contributed by atoms with Crippen LogP contribution in [0.5, 0.6) is 0 Å². The molecule has 1 aromatic carbocycles. The first-order valence-corrected chi connectivity index (χ1v) is 8.60. The second-order valence-electron chi connectivity index (χ2n) is 6.01. The molecule has 1 unspecified atom stereocenters. The summed E-state index contributed by atoms with van der Waals surface area (Å²) in [5.74, 6) is 0.441. The van der Waals surface area contributed by atoms with E-state index in [-0.39, 0.29) is 24.1 Å². The number of halogens is 1. The van der Waals surface area contributed by atoms with Crippen molar-refractivity contribution in [3.63, 3.8) is 0 Å². The zero-order valence-electron chi connectivity index (χ0n) is 12.7. The monoisotopic (exact) mass is 374 g/mol. The number of hydrogen-bond acceptors (Lipinski definition) is 2. The lowest BCUT2D eigenvalue weighted by Gasteiger charge is -2.19. The van der Waals surface area contributed by atoms with Crippen LogP contribution in [-0.2, 0) is 17.8 Å². The maximum Gasteiger partial charge on any atom is 0.251 e. The Bertz CT molecular complexity index is 738. The van der Waals surface area contributed by atoms with Crippen molar-refractivity contribution in [3.8, 4) is 0 Å². The molecule has 0 saturated heterocycles. The molecule has 0 spiro atoms. The molecule has 1 N–H and O–H groups in total. The van der Waals surface area contributed by atoms with Gasteiger partial charge in [0.1, 0.15) is 6.54 Å². The van der Waals surface area contributed by atoms with Crippen LogP contribution in [-0.4, -0.2) is 16.5 Å². The Kier molecular flexibility index (Phi) is 4.96. The molecule has 1 aliphatic carbocycles. The molecular formula is C18H19BrN2O2. The fourth-order valence-corrected chi connectivity index (χ4v) is 3.11. The molecule has 0 bridgehead atoms. The molecule has 5 heteroatoms. The largest absolute Gasteiger partial charge is 0.351 e. The smallest absolute Gasteiger partial charge is 0.251 e. The minimum atomic E-state index is -0.172. The molecule has 1 fully saturated rings. The van der Waals surface area contributed by atoms with E-state index in [1.54, 1.807) is 12.3 Å². The van der Waals surface area contributed by atoms with Gasteiger partial charge in [0.25, 0.3) is 5.56 Å². The van der Waals surface area contributed by atoms with Crippen LogP contribution in [0.15, 0.2) is 57.9 Å². The number of carbonyl (C=O) groups is 1. The van der Waals surface area contributed by atoms with Crippen molar-refractivity contribution in [1.82, 2.24) is 9.88 Å². The maximum atomic E-state index is 12.3. The third kappa shape index (κ3) is 4.55. The first-order chi connectivity index (χ1) is 11.1. The number of amides is 1. The number of nitrogens with one attached hydrogen (secondary N) is 1. The molecule has 0 radical (unpaired) electrons. The molecule has 1 aliphatic rings. The van der Waals surface area contributed by atoms with Crippen LogP contribution in [0.1, 0.15) is 18.4 Å². The fourth-order valence-electron chi connectivity index (χ4n) is 2.74. The van der Waals surface area contributed by atoms with E-state index in [2.05, 4.69) is 33.4 Å². The molecule has 1 heterocycles. The number of hydrogen-bond donors (Lipinski definition) is 1. The first kappa shape index (κ1) is 16.0. The van der Waals surface area contributed by atoms with Gasteiger partial charge < -0.3 is 9.88 Å². The minimum absolute atomic E-state index is 0.0519. The van der Waals surface area contributed by atoms with Crippen molar-refractivity contribution in [3.05, 3.63) is 69.1 Å². The number of benzene rings is 1. The summed E-state index contributed by atoms with van der Waals surface area (Å²) >= 11 is 3.32. The molecule has 1 amide bonds. The molecular weight excluding hydrogens is 356 g/mol. The van der Waals surface area contributed by atoms with Crippen molar-refractivity contribution in [2.45, 2.75) is 31.8 Å². The van der Waals surface area contributed by atoms with Crippen LogP contribution in [0.2, 0.25) is 0 Å². The van der Waals surface area contributed by atoms with Crippen LogP contribution < -0.4 is 10.9 Å². The molecule has 4 nitrogen and oxygen atoms in total. The normalized spacial score (nSPS) is 15.2. The topological polar surface area (TPSA) is 51.1 Å². The fraction of sp³-hybridized carbons (Fsp3) is 0.333. The van der Waals surface area contributed by atoms with E-state index in [9.17, 15) is 9.59 Å². The van der Waals surface area contributed by atoms with E-state index in [0.717, 1.165) is 23.7 Å². The van der Waals surface area contributed by atoms with Gasteiger partial charge in [0.05, 0.1) is 0 Å². The Balaban J connectivity index is 1.64. The second kappa shape index (κ2) is 7.13. The van der Waals surface area contributed by atoms with Gasteiger partial charge in [0.2, 0.25) is 5.91 Å². The summed E-state index contributed by atoms with van der Waals surface area (Å²) in [7, 11) is 0. The van der Waals surface area contributed by atoms with E-state index < -0.39 is 0 Å². The van der Waals surface area contributed by atoms with Crippen LogP contribution in [0.25, 0.3) is 0 Å². The van der Waals surface area contributed by atoms with Crippen LogP contribution in [0.3, 0.4) is 0 Å². The van der Waals surface area contributed by atoms with Crippen molar-refractivity contribution < 1.29 is 4.79 Å². The Morgan fingerprint density at radius 3 is 2.65 bits per heavy atom. The first-order valence-electron chi connectivity index (χ1n) is 7.81. The van der Waals surface area contributed by atoms with Gasteiger partial charge in [-0.05, 0) is 52.7 Å². The van der Waals surface area contributed by atoms with Crippen molar-refractivity contribution in [1.29, 1.82) is 0 Å². The number of aromatic nitrogens is 1. The van der Waals surface area contributed by atoms with E-state index in [1.165, 1.54) is 16.2 Å². The molecule has 0 aliphatic heterocycles. The SMILES string of the molecule is O=C(Cn1cc(Br)ccc1=O)NC(Cc1ccccc1)C1CC1. The predicted octanol–water partition coefficient (Wildman–Crippen LogP) is 2.75. The highest BCUT2D eigenvalue weighted by atomic mass is 79.9. The molecule has 1 atom stereocenters. The second-order valence-corrected chi connectivity index (χ2v) is 6.93. The highest BCUT2D eigenvalue weighted by Gasteiger charge is 2.32. The maximum absolute atomic E-state index is 12.3. The molecule has 1 saturated carbocycles. The highest BCUT2D eigenvalue weighted by Crippen LogP contribution is 2.34. The summed E-state index contributed by atoms with van der Waals surface area (Å²) in [6.07, 6.45) is 4.80. The summed E-state index contributed by atoms with van der Waals surface area (Å²) in [6, 6.07) is 13.5. The minimum Gasteiger partial charge on any atom is -0.351 e. The number of pyridine rings is 1. The molecule has 2 aromatic rings. The van der Waals surface area contributed by atoms with Gasteiger partial charge in [-0.3, -0.25) is 9.59 Å². The summed E-state index contributed by atoms with van der Waals surface area (Å²) in [5.41, 5.74) is 1.05. The van der Waals surface area contributed by atoms with Crippen molar-refractivity contribution in [2.24, 2.45) is 5.92 Å². The number of carbonyl (C=O) groups excluding carboxylic acids is 1. The zero-order chi connectivity index (χ0) is 16.2. The molecule has 1 aromatic heterocycles. The number of nitrogens with zero attached hydrogens (tertiary/aromatic N) is 1. The Morgan fingerprint density at radius 1 is 1.22 bits per heavy atom. The molecule has 120 valence electrons. The third-order valence-electron chi connectivity index (χ3n) is 4.10. The average molecular weight is 375 g/mol. The molecule has 23 heavy (non-hydrogen) atoms. The van der Waals surface area contributed by atoms with E-state index in [0.29, 0.717) is 5.92 Å². The van der Waals surface area contributed by atoms with Crippen LogP contribution in [0, 0.1) is 5.92 Å². The van der Waals surface area contributed by atoms with Crippen LogP contribution in [0.4, 0.5) is 0 Å². The lowest BCUT2D eigenvalue weighted by molar-refractivity contribution is -0.122. The third-order valence-corrected chi connectivity index (χ3v) is 4.57. The van der Waals surface area contributed by atoms with Crippen molar-refractivity contribution in [2.75, 3.05) is 0 Å². The van der Waals surface area contributed by atoms with Gasteiger partial charge in [-0.1, -0.05) is 30.3 Å². The van der Waals surface area contributed by atoms with Gasteiger partial charge in [0, 0.05) is 22.8 Å². The van der Waals surface area contributed by atoms with Gasteiger partial charge in [-0.2, -0.15) is 0 Å². The van der Waals surface area contributed by atoms with E-state index in [1.807, 2.05) is 18.2 Å². The predicted molar refractivity (Wildman–Crippen MR) is 93.2 cm³/mol. The van der Waals surface area contributed by atoms with E-state index >= 15 is 0 Å². The lowest BCUT2D eigenvalue weighted by Crippen LogP contribution is -2.41. The van der Waals surface area contributed by atoms with Crippen molar-refractivity contribution >= 4 is 21.8 Å². The lowest BCUT2D eigenvalue weighted by atomic mass is 10.0. The van der Waals surface area contributed by atoms with Gasteiger partial charge in [-0.25, -0.2) is 0 Å². The Morgan fingerprint density at radius 2 is 1.96 bits per heavy atom. The van der Waals surface area contributed by atoms with Crippen LogP contribution >= 0.6 is 15.9 Å². The van der Waals surface area contributed by atoms with E-state index in [4.69, 9.17) is 0 Å². The molecule has 3 rings (SSSR count). The van der Waals surface area contributed by atoms with Gasteiger partial charge >= 0.3 is 0 Å². The average Bonchev–Trinajstić information content (AvgIpc) is 3.36. The standard InChI is InChI=1S/C18H19BrN2O2/c19-15-8-9-18(23)21(11-15)12-17(22)20-16(14-6-7-14)10-13-4-2-1-3-5-13/h1-5,8-9,11,14,16H,6-7,10,12H2,(H,20,22). The Hall–Kier alpha value is -1.88. The zero-order valence-corrected chi connectivity index (χ0v) is 14.3. The highest BCUT2D eigenvalue weighted by molar-refractivity contribution is 9.10. The Labute approximate surface area is 143 Å². The summed E-state index contributed by atoms with van der Waals surface area (Å²) < 4.78 is 2.21. The van der Waals surface area contributed by atoms with Gasteiger partial charge in [0.15, 0.2) is 0 Å². The summed E-state index contributed by atoms with van der Waals surface area (Å²) in [5, 5.41) is 3.11. The summed E-state index contributed by atoms with van der Waals surface area (Å²) in [6.45, 7) is 0.0519. The quantitative estimate of drug-likeness (QED) is 0.844. The number of rotatable bonds is 6. The summed E-state index contributed by atoms with van der Waals surface area (Å²) in [4.78, 5) is 24.1.